The molecule has 2 aromatic carbocycles. The van der Waals surface area contributed by atoms with Crippen molar-refractivity contribution in [3.8, 4) is 0 Å². The summed E-state index contributed by atoms with van der Waals surface area (Å²) in [6, 6.07) is 10.5. The Labute approximate surface area is 150 Å². The molecule has 2 aromatic rings. The van der Waals surface area contributed by atoms with E-state index < -0.39 is 17.7 Å². The van der Waals surface area contributed by atoms with Crippen molar-refractivity contribution in [2.75, 3.05) is 13.2 Å². The number of halogens is 1. The van der Waals surface area contributed by atoms with E-state index in [9.17, 15) is 18.8 Å². The molecule has 1 aliphatic carbocycles. The van der Waals surface area contributed by atoms with Gasteiger partial charge in [-0.05, 0) is 60.7 Å². The number of hydrogen-bond donors (Lipinski definition) is 1. The first-order valence-corrected chi connectivity index (χ1v) is 8.37. The Morgan fingerprint density at radius 1 is 0.962 bits per heavy atom. The van der Waals surface area contributed by atoms with E-state index in [1.807, 2.05) is 12.1 Å². The molecule has 0 bridgehead atoms. The van der Waals surface area contributed by atoms with Crippen LogP contribution in [0.25, 0.3) is 0 Å². The van der Waals surface area contributed by atoms with E-state index in [2.05, 4.69) is 5.32 Å². The van der Waals surface area contributed by atoms with Gasteiger partial charge >= 0.3 is 5.97 Å². The first-order valence-electron chi connectivity index (χ1n) is 8.37. The maximum Gasteiger partial charge on any atom is 0.325 e. The molecule has 5 nitrogen and oxygen atoms in total. The fraction of sp³-hybridized carbons (Fsp3) is 0.250. The normalized spacial score (nSPS) is 12.3. The van der Waals surface area contributed by atoms with Gasteiger partial charge in [0.1, 0.15) is 12.4 Å². The standard InChI is InChI=1S/C20H18FNO4/c21-17-8-6-14(7-9-17)20(25)22-11-19(24)26-12-18(23)16-5-4-13-2-1-3-15(13)10-16/h4-10H,1-3,11-12H2,(H,22,25). The molecule has 26 heavy (non-hydrogen) atoms. The van der Waals surface area contributed by atoms with Gasteiger partial charge in [0.05, 0.1) is 0 Å². The molecule has 0 aliphatic heterocycles. The van der Waals surface area contributed by atoms with Gasteiger partial charge in [0.15, 0.2) is 12.4 Å². The summed E-state index contributed by atoms with van der Waals surface area (Å²) >= 11 is 0. The summed E-state index contributed by atoms with van der Waals surface area (Å²) in [6.45, 7) is -0.738. The van der Waals surface area contributed by atoms with Crippen LogP contribution in [-0.2, 0) is 22.4 Å². The fourth-order valence-electron chi connectivity index (χ4n) is 2.88. The predicted octanol–water partition coefficient (Wildman–Crippen LogP) is 2.47. The molecule has 0 heterocycles. The third-order valence-electron chi connectivity index (χ3n) is 4.28. The summed E-state index contributed by atoms with van der Waals surface area (Å²) in [5.74, 6) is -1.97. The van der Waals surface area contributed by atoms with Crippen molar-refractivity contribution in [3.05, 3.63) is 70.5 Å². The van der Waals surface area contributed by atoms with Gasteiger partial charge < -0.3 is 10.1 Å². The summed E-state index contributed by atoms with van der Waals surface area (Å²) in [5.41, 5.74) is 3.19. The highest BCUT2D eigenvalue weighted by Crippen LogP contribution is 2.23. The van der Waals surface area contributed by atoms with Crippen LogP contribution in [0.3, 0.4) is 0 Å². The van der Waals surface area contributed by atoms with Crippen molar-refractivity contribution >= 4 is 17.7 Å². The number of ketones is 1. The van der Waals surface area contributed by atoms with Crippen LogP contribution < -0.4 is 5.32 Å². The molecule has 3 rings (SSSR count). The van der Waals surface area contributed by atoms with Gasteiger partial charge in [-0.2, -0.15) is 0 Å². The minimum Gasteiger partial charge on any atom is -0.456 e. The van der Waals surface area contributed by atoms with E-state index in [1.54, 1.807) is 6.07 Å². The Kier molecular flexibility index (Phi) is 5.41. The summed E-state index contributed by atoms with van der Waals surface area (Å²) in [5, 5.41) is 2.37. The number of ether oxygens (including phenoxy) is 1. The first-order chi connectivity index (χ1) is 12.5. The molecule has 0 atom stereocenters. The molecule has 0 unspecified atom stereocenters. The number of aryl methyl sites for hydroxylation is 2. The average Bonchev–Trinajstić information content (AvgIpc) is 3.12. The maximum atomic E-state index is 12.8. The lowest BCUT2D eigenvalue weighted by atomic mass is 10.0. The van der Waals surface area contributed by atoms with Gasteiger partial charge in [0.25, 0.3) is 5.91 Å². The van der Waals surface area contributed by atoms with Gasteiger partial charge in [0.2, 0.25) is 0 Å². The van der Waals surface area contributed by atoms with Crippen LogP contribution in [0.1, 0.15) is 38.3 Å². The van der Waals surface area contributed by atoms with Crippen molar-refractivity contribution in [2.24, 2.45) is 0 Å². The molecule has 0 aromatic heterocycles. The molecule has 0 saturated heterocycles. The third-order valence-corrected chi connectivity index (χ3v) is 4.28. The molecule has 134 valence electrons. The first kappa shape index (κ1) is 17.8. The Morgan fingerprint density at radius 3 is 2.42 bits per heavy atom. The van der Waals surface area contributed by atoms with Crippen LogP contribution >= 0.6 is 0 Å². The zero-order chi connectivity index (χ0) is 18.5. The summed E-state index contributed by atoms with van der Waals surface area (Å²) < 4.78 is 17.7. The molecule has 1 aliphatic rings. The van der Waals surface area contributed by atoms with Gasteiger partial charge in [-0.15, -0.1) is 0 Å². The zero-order valence-electron chi connectivity index (χ0n) is 14.1. The quantitative estimate of drug-likeness (QED) is 0.638. The molecule has 0 saturated carbocycles. The lowest BCUT2D eigenvalue weighted by Crippen LogP contribution is -2.31. The van der Waals surface area contributed by atoms with Crippen LogP contribution in [0.15, 0.2) is 42.5 Å². The molecule has 0 fully saturated rings. The second-order valence-corrected chi connectivity index (χ2v) is 6.11. The SMILES string of the molecule is O=C(CNC(=O)c1ccc(F)cc1)OCC(=O)c1ccc2c(c1)CCC2. The molecular formula is C20H18FNO4. The van der Waals surface area contributed by atoms with Crippen LogP contribution in [-0.4, -0.2) is 30.8 Å². The highest BCUT2D eigenvalue weighted by molar-refractivity contribution is 5.99. The van der Waals surface area contributed by atoms with Crippen LogP contribution in [0.2, 0.25) is 0 Å². The number of hydrogen-bond acceptors (Lipinski definition) is 4. The molecule has 6 heteroatoms. The monoisotopic (exact) mass is 355 g/mol. The summed E-state index contributed by atoms with van der Waals surface area (Å²) in [6.07, 6.45) is 3.09. The number of nitrogens with one attached hydrogen (secondary N) is 1. The number of fused-ring (bicyclic) bond motifs is 1. The topological polar surface area (TPSA) is 72.5 Å². The molecule has 1 N–H and O–H groups in total. The minimum absolute atomic E-state index is 0.230. The van der Waals surface area contributed by atoms with E-state index in [-0.39, 0.29) is 24.5 Å². The van der Waals surface area contributed by atoms with Gasteiger partial charge in [-0.3, -0.25) is 14.4 Å². The molecule has 0 radical (unpaired) electrons. The summed E-state index contributed by atoms with van der Waals surface area (Å²) in [7, 11) is 0. The van der Waals surface area contributed by atoms with E-state index >= 15 is 0 Å². The van der Waals surface area contributed by atoms with Gasteiger partial charge in [-0.1, -0.05) is 12.1 Å². The van der Waals surface area contributed by atoms with Crippen LogP contribution in [0, 0.1) is 5.82 Å². The van der Waals surface area contributed by atoms with Crippen LogP contribution in [0.4, 0.5) is 4.39 Å². The molecule has 0 spiro atoms. The maximum absolute atomic E-state index is 12.8. The molecule has 1 amide bonds. The van der Waals surface area contributed by atoms with Crippen molar-refractivity contribution in [3.63, 3.8) is 0 Å². The number of carbonyl (C=O) groups excluding carboxylic acids is 3. The summed E-state index contributed by atoms with van der Waals surface area (Å²) in [4.78, 5) is 35.7. The van der Waals surface area contributed by atoms with E-state index in [0.29, 0.717) is 5.56 Å². The third kappa shape index (κ3) is 4.33. The Morgan fingerprint density at radius 2 is 1.65 bits per heavy atom. The lowest BCUT2D eigenvalue weighted by Gasteiger charge is -2.07. The second-order valence-electron chi connectivity index (χ2n) is 6.11. The number of Topliss-reactive ketones (excluding diaryl/α,β-unsaturated/α-hetero) is 1. The van der Waals surface area contributed by atoms with Crippen molar-refractivity contribution in [1.82, 2.24) is 5.32 Å². The highest BCUT2D eigenvalue weighted by Gasteiger charge is 2.16. The van der Waals surface area contributed by atoms with Crippen molar-refractivity contribution < 1.29 is 23.5 Å². The van der Waals surface area contributed by atoms with E-state index in [1.165, 1.54) is 23.3 Å². The van der Waals surface area contributed by atoms with Crippen molar-refractivity contribution in [1.29, 1.82) is 0 Å². The number of benzene rings is 2. The highest BCUT2D eigenvalue weighted by atomic mass is 19.1. The Balaban J connectivity index is 1.45. The number of amides is 1. The van der Waals surface area contributed by atoms with E-state index in [4.69, 9.17) is 4.74 Å². The van der Waals surface area contributed by atoms with Crippen molar-refractivity contribution in [2.45, 2.75) is 19.3 Å². The smallest absolute Gasteiger partial charge is 0.325 e. The average molecular weight is 355 g/mol. The number of rotatable bonds is 6. The second kappa shape index (κ2) is 7.91. The van der Waals surface area contributed by atoms with E-state index in [0.717, 1.165) is 31.4 Å². The predicted molar refractivity (Wildman–Crippen MR) is 92.5 cm³/mol. The number of esters is 1. The Hall–Kier alpha value is -3.02. The van der Waals surface area contributed by atoms with Gasteiger partial charge in [-0.25, -0.2) is 4.39 Å². The van der Waals surface area contributed by atoms with Gasteiger partial charge in [0, 0.05) is 11.1 Å². The lowest BCUT2D eigenvalue weighted by molar-refractivity contribution is -0.141. The Bertz CT molecular complexity index is 845. The zero-order valence-corrected chi connectivity index (χ0v) is 14.1. The number of carbonyl (C=O) groups is 3. The minimum atomic E-state index is -0.713. The van der Waals surface area contributed by atoms with Crippen LogP contribution in [0.5, 0.6) is 0 Å². The largest absolute Gasteiger partial charge is 0.456 e. The fourth-order valence-corrected chi connectivity index (χ4v) is 2.88. The molecular weight excluding hydrogens is 337 g/mol.